The van der Waals surface area contributed by atoms with E-state index < -0.39 is 59.6 Å². The molecule has 0 saturated carbocycles. The second kappa shape index (κ2) is 10.6. The molecule has 1 aliphatic heterocycles. The van der Waals surface area contributed by atoms with Crippen molar-refractivity contribution in [1.82, 2.24) is 10.3 Å². The van der Waals surface area contributed by atoms with Gasteiger partial charge in [-0.25, -0.2) is 13.6 Å². The van der Waals surface area contributed by atoms with Crippen molar-refractivity contribution in [3.05, 3.63) is 69.8 Å². The molecule has 1 saturated heterocycles. The summed E-state index contributed by atoms with van der Waals surface area (Å²) < 4.78 is 75.4. The number of morpholine rings is 1. The van der Waals surface area contributed by atoms with Gasteiger partial charge in [0, 0.05) is 34.7 Å². The van der Waals surface area contributed by atoms with Crippen molar-refractivity contribution in [1.29, 1.82) is 0 Å². The van der Waals surface area contributed by atoms with E-state index in [1.54, 1.807) is 30.5 Å². The second-order valence-electron chi connectivity index (χ2n) is 8.28. The Morgan fingerprint density at radius 3 is 2.57 bits per heavy atom. The number of anilines is 1. The van der Waals surface area contributed by atoms with Crippen molar-refractivity contribution in [3.8, 4) is 0 Å². The van der Waals surface area contributed by atoms with Gasteiger partial charge in [-0.05, 0) is 45.8 Å². The van der Waals surface area contributed by atoms with E-state index in [1.165, 1.54) is 0 Å². The van der Waals surface area contributed by atoms with Crippen LogP contribution in [0.25, 0.3) is 10.9 Å². The Labute approximate surface area is 215 Å². The fourth-order valence-corrected chi connectivity index (χ4v) is 4.60. The highest BCUT2D eigenvalue weighted by Crippen LogP contribution is 2.33. The van der Waals surface area contributed by atoms with E-state index in [9.17, 15) is 36.6 Å². The molecule has 2 heterocycles. The molecule has 7 nitrogen and oxygen atoms in total. The smallest absolute Gasteiger partial charge is 0.411 e. The maximum Gasteiger partial charge on any atom is 0.411 e. The van der Waals surface area contributed by atoms with Gasteiger partial charge in [-0.1, -0.05) is 12.1 Å². The number of nitrogens with zero attached hydrogens (tertiary/aromatic N) is 2. The number of fused-ring (bicyclic) bond motifs is 1. The quantitative estimate of drug-likeness (QED) is 0.414. The van der Waals surface area contributed by atoms with Crippen molar-refractivity contribution in [2.75, 3.05) is 24.7 Å². The highest BCUT2D eigenvalue weighted by molar-refractivity contribution is 9.10. The lowest BCUT2D eigenvalue weighted by atomic mass is 10.0. The van der Waals surface area contributed by atoms with Crippen LogP contribution in [-0.4, -0.2) is 60.0 Å². The van der Waals surface area contributed by atoms with Crippen LogP contribution in [0.4, 0.5) is 27.6 Å². The summed E-state index contributed by atoms with van der Waals surface area (Å²) in [5.41, 5.74) is -0.445. The minimum atomic E-state index is -4.72. The zero-order valence-corrected chi connectivity index (χ0v) is 20.4. The minimum Gasteiger partial charge on any atom is -0.480 e. The number of carbonyl (C=O) groups is 2. The number of aliphatic carboxylic acids is 1. The number of nitrogens with one attached hydrogen (secondary N) is 1. The maximum atomic E-state index is 14.9. The average molecular weight is 588 g/mol. The van der Waals surface area contributed by atoms with Crippen LogP contribution < -0.4 is 10.2 Å². The number of alkyl halides is 3. The summed E-state index contributed by atoms with van der Waals surface area (Å²) in [7, 11) is 0. The van der Waals surface area contributed by atoms with Gasteiger partial charge in [0.25, 0.3) is 5.91 Å². The number of carboxylic acids is 1. The summed E-state index contributed by atoms with van der Waals surface area (Å²) in [5.74, 6) is -5.67. The summed E-state index contributed by atoms with van der Waals surface area (Å²) in [5, 5.41) is 12.4. The Balaban J connectivity index is 1.59. The molecule has 2 aromatic carbocycles. The summed E-state index contributed by atoms with van der Waals surface area (Å²) in [6.45, 7) is -1.07. The largest absolute Gasteiger partial charge is 0.480 e. The number of rotatable bonds is 6. The Morgan fingerprint density at radius 2 is 1.92 bits per heavy atom. The van der Waals surface area contributed by atoms with Crippen molar-refractivity contribution < 1.29 is 41.4 Å². The topological polar surface area (TPSA) is 91.8 Å². The van der Waals surface area contributed by atoms with Crippen LogP contribution in [0.5, 0.6) is 0 Å². The number of halogens is 6. The first-order valence-electron chi connectivity index (χ1n) is 10.9. The van der Waals surface area contributed by atoms with E-state index in [2.05, 4.69) is 26.2 Å². The lowest BCUT2D eigenvalue weighted by molar-refractivity contribution is -0.167. The van der Waals surface area contributed by atoms with Gasteiger partial charge >= 0.3 is 12.1 Å². The highest BCUT2D eigenvalue weighted by Gasteiger charge is 2.45. The van der Waals surface area contributed by atoms with Crippen molar-refractivity contribution in [2.24, 2.45) is 0 Å². The van der Waals surface area contributed by atoms with E-state index in [4.69, 9.17) is 4.74 Å². The zero-order chi connectivity index (χ0) is 26.9. The van der Waals surface area contributed by atoms with E-state index in [0.29, 0.717) is 33.1 Å². The number of pyridine rings is 1. The van der Waals surface area contributed by atoms with Gasteiger partial charge in [0.05, 0.1) is 18.7 Å². The normalized spacial score (nSPS) is 17.0. The molecule has 0 bridgehead atoms. The number of amides is 1. The summed E-state index contributed by atoms with van der Waals surface area (Å²) in [6.07, 6.45) is -3.39. The molecular weight excluding hydrogens is 569 g/mol. The second-order valence-corrected chi connectivity index (χ2v) is 9.14. The number of carboxylic acid groups (broad SMARTS) is 1. The molecule has 4 rings (SSSR count). The van der Waals surface area contributed by atoms with Gasteiger partial charge in [-0.2, -0.15) is 13.2 Å². The van der Waals surface area contributed by atoms with Crippen LogP contribution in [0.15, 0.2) is 47.1 Å². The number of hydrogen-bond acceptors (Lipinski definition) is 5. The third kappa shape index (κ3) is 5.67. The average Bonchev–Trinajstić information content (AvgIpc) is 2.84. The van der Waals surface area contributed by atoms with Crippen molar-refractivity contribution in [2.45, 2.75) is 24.7 Å². The Morgan fingerprint density at radius 1 is 1.22 bits per heavy atom. The number of aromatic nitrogens is 1. The van der Waals surface area contributed by atoms with Gasteiger partial charge in [0.1, 0.15) is 29.3 Å². The summed E-state index contributed by atoms with van der Waals surface area (Å²) >= 11 is 3.36. The van der Waals surface area contributed by atoms with Gasteiger partial charge in [-0.3, -0.25) is 9.78 Å². The molecule has 196 valence electrons. The minimum absolute atomic E-state index is 0.0847. The first kappa shape index (κ1) is 26.7. The highest BCUT2D eigenvalue weighted by atomic mass is 79.9. The SMILES string of the molecule is O=C(NC(Cc1ccc(Br)c2ncccc12)C(=O)O)c1c(F)cc(N2CCOC[C@@H]2C(F)(F)F)cc1F. The fourth-order valence-electron chi connectivity index (χ4n) is 4.15. The van der Waals surface area contributed by atoms with Gasteiger partial charge in [0.15, 0.2) is 0 Å². The zero-order valence-electron chi connectivity index (χ0n) is 18.9. The lowest BCUT2D eigenvalue weighted by Gasteiger charge is -2.38. The van der Waals surface area contributed by atoms with Gasteiger partial charge in [-0.15, -0.1) is 0 Å². The van der Waals surface area contributed by atoms with Crippen LogP contribution in [0.2, 0.25) is 0 Å². The van der Waals surface area contributed by atoms with E-state index in [-0.39, 0.29) is 19.6 Å². The third-order valence-corrected chi connectivity index (χ3v) is 6.57. The first-order chi connectivity index (χ1) is 17.5. The molecule has 0 spiro atoms. The molecule has 0 aliphatic carbocycles. The van der Waals surface area contributed by atoms with Crippen molar-refractivity contribution in [3.63, 3.8) is 0 Å². The third-order valence-electron chi connectivity index (χ3n) is 5.93. The molecule has 1 aliphatic rings. The molecule has 1 aromatic heterocycles. The van der Waals surface area contributed by atoms with Crippen LogP contribution in [0.3, 0.4) is 0 Å². The predicted molar refractivity (Wildman–Crippen MR) is 126 cm³/mol. The molecule has 13 heteroatoms. The first-order valence-corrected chi connectivity index (χ1v) is 11.7. The predicted octanol–water partition coefficient (Wildman–Crippen LogP) is 4.47. The number of carbonyl (C=O) groups excluding carboxylic acids is 1. The maximum absolute atomic E-state index is 14.9. The summed E-state index contributed by atoms with van der Waals surface area (Å²) in [4.78, 5) is 29.6. The van der Waals surface area contributed by atoms with Crippen LogP contribution >= 0.6 is 15.9 Å². The van der Waals surface area contributed by atoms with E-state index in [0.717, 1.165) is 4.90 Å². The number of ether oxygens (including phenoxy) is 1. The fraction of sp³-hybridized carbons (Fsp3) is 0.292. The van der Waals surface area contributed by atoms with E-state index in [1.807, 2.05) is 0 Å². The molecule has 2 N–H and O–H groups in total. The molecule has 0 radical (unpaired) electrons. The Bertz CT molecular complexity index is 1330. The van der Waals surface area contributed by atoms with Crippen LogP contribution in [-0.2, 0) is 16.0 Å². The molecule has 1 fully saturated rings. The van der Waals surface area contributed by atoms with Crippen LogP contribution in [0.1, 0.15) is 15.9 Å². The van der Waals surface area contributed by atoms with Gasteiger partial charge in [0.2, 0.25) is 0 Å². The monoisotopic (exact) mass is 587 g/mol. The van der Waals surface area contributed by atoms with E-state index >= 15 is 0 Å². The molecule has 2 atom stereocenters. The number of benzene rings is 2. The summed E-state index contributed by atoms with van der Waals surface area (Å²) in [6, 6.07) is 4.19. The molecule has 3 aromatic rings. The Hall–Kier alpha value is -3.32. The Kier molecular flexibility index (Phi) is 7.64. The molecule has 37 heavy (non-hydrogen) atoms. The lowest BCUT2D eigenvalue weighted by Crippen LogP contribution is -2.53. The molecule has 1 unspecified atom stereocenters. The van der Waals surface area contributed by atoms with Crippen molar-refractivity contribution >= 4 is 44.4 Å². The molecule has 1 amide bonds. The van der Waals surface area contributed by atoms with Crippen LogP contribution in [0, 0.1) is 11.6 Å². The van der Waals surface area contributed by atoms with Gasteiger partial charge < -0.3 is 20.1 Å². The standard InChI is InChI=1S/C24H19BrF5N3O4/c25-15-4-3-12(14-2-1-5-31-21(14)15)8-18(23(35)36)32-22(34)20-16(26)9-13(10-17(20)27)33-6-7-37-11-19(33)24(28,29)30/h1-5,9-10,18-19H,6-8,11H2,(H,32,34)(H,35,36)/t18?,19-/m1/s1. The molecular formula is C24H19BrF5N3O4. The number of hydrogen-bond donors (Lipinski definition) is 2.